The maximum Gasteiger partial charge on any atom is 0.161 e. The molecule has 3 N–H and O–H groups in total. The lowest BCUT2D eigenvalue weighted by atomic mass is 9.45. The SMILES string of the molecule is CC(=O)[C@@]1(O)CC[C@H]2[C@@H]3[C@@H](O)CC4=C[C@H](O)CC[C@]4(C)[C@H]3CC[C@@]21C. The molecule has 4 heteroatoms. The van der Waals surface area contributed by atoms with Crippen LogP contribution in [0.2, 0.25) is 0 Å². The number of fused-ring (bicyclic) bond motifs is 5. The van der Waals surface area contributed by atoms with Crippen molar-refractivity contribution in [3.05, 3.63) is 11.6 Å². The van der Waals surface area contributed by atoms with E-state index < -0.39 is 17.1 Å². The lowest BCUT2D eigenvalue weighted by molar-refractivity contribution is -0.168. The Hall–Kier alpha value is -0.710. The van der Waals surface area contributed by atoms with Crippen LogP contribution in [0.3, 0.4) is 0 Å². The van der Waals surface area contributed by atoms with Gasteiger partial charge in [-0.05, 0) is 75.0 Å². The summed E-state index contributed by atoms with van der Waals surface area (Å²) in [5, 5.41) is 32.2. The van der Waals surface area contributed by atoms with Crippen molar-refractivity contribution in [3.8, 4) is 0 Å². The molecule has 0 saturated heterocycles. The first kappa shape index (κ1) is 17.7. The van der Waals surface area contributed by atoms with Crippen LogP contribution in [0.1, 0.15) is 65.7 Å². The van der Waals surface area contributed by atoms with Gasteiger partial charge in [0.1, 0.15) is 5.60 Å². The molecular formula is C21H32O4. The molecule has 0 aromatic heterocycles. The quantitative estimate of drug-likeness (QED) is 0.637. The van der Waals surface area contributed by atoms with Crippen molar-refractivity contribution in [3.63, 3.8) is 0 Å². The van der Waals surface area contributed by atoms with Crippen molar-refractivity contribution in [2.24, 2.45) is 28.6 Å². The van der Waals surface area contributed by atoms with Crippen LogP contribution < -0.4 is 0 Å². The van der Waals surface area contributed by atoms with Crippen LogP contribution in [0.4, 0.5) is 0 Å². The fraction of sp³-hybridized carbons (Fsp3) is 0.857. The summed E-state index contributed by atoms with van der Waals surface area (Å²) < 4.78 is 0. The summed E-state index contributed by atoms with van der Waals surface area (Å²) in [5.74, 6) is 0.598. The Morgan fingerprint density at radius 3 is 2.44 bits per heavy atom. The summed E-state index contributed by atoms with van der Waals surface area (Å²) >= 11 is 0. The van der Waals surface area contributed by atoms with Crippen LogP contribution in [0.5, 0.6) is 0 Å². The smallest absolute Gasteiger partial charge is 0.161 e. The number of ketones is 1. The molecule has 0 unspecified atom stereocenters. The summed E-state index contributed by atoms with van der Waals surface area (Å²) in [7, 11) is 0. The van der Waals surface area contributed by atoms with E-state index >= 15 is 0 Å². The molecule has 3 fully saturated rings. The summed E-state index contributed by atoms with van der Waals surface area (Å²) in [6, 6.07) is 0. The normalized spacial score (nSPS) is 55.0. The molecule has 0 amide bonds. The second-order valence-corrected chi connectivity index (χ2v) is 9.69. The van der Waals surface area contributed by atoms with Gasteiger partial charge in [0.2, 0.25) is 0 Å². The average Bonchev–Trinajstić information content (AvgIpc) is 2.82. The minimum atomic E-state index is -1.23. The maximum atomic E-state index is 12.2. The summed E-state index contributed by atoms with van der Waals surface area (Å²) in [4.78, 5) is 12.2. The zero-order valence-corrected chi connectivity index (χ0v) is 15.7. The van der Waals surface area contributed by atoms with E-state index in [1.54, 1.807) is 0 Å². The van der Waals surface area contributed by atoms with Crippen molar-refractivity contribution < 1.29 is 20.1 Å². The van der Waals surface area contributed by atoms with Crippen LogP contribution in [-0.2, 0) is 4.79 Å². The summed E-state index contributed by atoms with van der Waals surface area (Å²) in [6.07, 6.45) is 6.68. The molecule has 0 aromatic carbocycles. The van der Waals surface area contributed by atoms with Crippen molar-refractivity contribution >= 4 is 5.78 Å². The van der Waals surface area contributed by atoms with E-state index in [1.807, 2.05) is 6.08 Å². The predicted octanol–water partition coefficient (Wildman–Crippen LogP) is 2.60. The van der Waals surface area contributed by atoms with Crippen molar-refractivity contribution in [2.75, 3.05) is 0 Å². The Bertz CT molecular complexity index is 627. The molecule has 0 aromatic rings. The van der Waals surface area contributed by atoms with E-state index in [2.05, 4.69) is 13.8 Å². The first-order valence-corrected chi connectivity index (χ1v) is 9.94. The number of aliphatic hydroxyl groups excluding tert-OH is 2. The van der Waals surface area contributed by atoms with Gasteiger partial charge >= 0.3 is 0 Å². The van der Waals surface area contributed by atoms with Gasteiger partial charge in [-0.3, -0.25) is 4.79 Å². The summed E-state index contributed by atoms with van der Waals surface area (Å²) in [5.41, 5.74) is -0.389. The second-order valence-electron chi connectivity index (χ2n) is 9.69. The van der Waals surface area contributed by atoms with Gasteiger partial charge in [0.15, 0.2) is 5.78 Å². The summed E-state index contributed by atoms with van der Waals surface area (Å²) in [6.45, 7) is 5.90. The number of carbonyl (C=O) groups is 1. The van der Waals surface area contributed by atoms with Crippen molar-refractivity contribution in [1.29, 1.82) is 0 Å². The minimum absolute atomic E-state index is 0.0430. The van der Waals surface area contributed by atoms with Gasteiger partial charge in [-0.25, -0.2) is 0 Å². The molecule has 0 radical (unpaired) electrons. The van der Waals surface area contributed by atoms with Gasteiger partial charge < -0.3 is 15.3 Å². The second kappa shape index (κ2) is 5.40. The zero-order valence-electron chi connectivity index (χ0n) is 15.7. The number of rotatable bonds is 1. The highest BCUT2D eigenvalue weighted by molar-refractivity contribution is 5.86. The van der Waals surface area contributed by atoms with E-state index in [1.165, 1.54) is 12.5 Å². The topological polar surface area (TPSA) is 77.8 Å². The van der Waals surface area contributed by atoms with E-state index in [9.17, 15) is 20.1 Å². The van der Waals surface area contributed by atoms with Crippen LogP contribution in [0.25, 0.3) is 0 Å². The van der Waals surface area contributed by atoms with Crippen LogP contribution in [0.15, 0.2) is 11.6 Å². The van der Waals surface area contributed by atoms with Gasteiger partial charge in [0.05, 0.1) is 12.2 Å². The third kappa shape index (κ3) is 2.14. The third-order valence-electron chi connectivity index (χ3n) is 8.84. The van der Waals surface area contributed by atoms with Crippen molar-refractivity contribution in [2.45, 2.75) is 83.5 Å². The standard InChI is InChI=1S/C21H32O4/c1-12(22)21(25)9-6-16-18-15(5-8-20(16,21)3)19(2)7-4-14(23)10-13(19)11-17(18)24/h10,14-18,23-25H,4-9,11H2,1-3H3/t14-,15+,16+,17+,18-,19+,20+,21+/m1/s1. The lowest BCUT2D eigenvalue weighted by Crippen LogP contribution is -2.59. The molecule has 4 aliphatic rings. The average molecular weight is 348 g/mol. The number of aliphatic hydroxyl groups is 3. The van der Waals surface area contributed by atoms with Gasteiger partial charge in [0, 0.05) is 5.41 Å². The molecule has 8 atom stereocenters. The molecule has 4 aliphatic carbocycles. The molecule has 4 rings (SSSR count). The Kier molecular flexibility index (Phi) is 3.82. The van der Waals surface area contributed by atoms with Gasteiger partial charge in [-0.15, -0.1) is 0 Å². The number of hydrogen-bond donors (Lipinski definition) is 3. The predicted molar refractivity (Wildman–Crippen MR) is 94.7 cm³/mol. The van der Waals surface area contributed by atoms with Gasteiger partial charge in [-0.1, -0.05) is 25.5 Å². The molecule has 140 valence electrons. The van der Waals surface area contributed by atoms with E-state index in [-0.39, 0.29) is 29.1 Å². The number of Topliss-reactive ketones (excluding diaryl/α,β-unsaturated/α-hetero) is 1. The molecule has 0 bridgehead atoms. The first-order chi connectivity index (χ1) is 11.6. The van der Waals surface area contributed by atoms with Crippen LogP contribution in [-0.4, -0.2) is 38.9 Å². The lowest BCUT2D eigenvalue weighted by Gasteiger charge is -2.60. The largest absolute Gasteiger partial charge is 0.392 e. The highest BCUT2D eigenvalue weighted by Gasteiger charge is 2.66. The number of carbonyl (C=O) groups excluding carboxylic acids is 1. The first-order valence-electron chi connectivity index (χ1n) is 9.94. The fourth-order valence-electron chi connectivity index (χ4n) is 7.27. The van der Waals surface area contributed by atoms with Crippen LogP contribution in [0, 0.1) is 28.6 Å². The molecule has 0 heterocycles. The van der Waals surface area contributed by atoms with Crippen LogP contribution >= 0.6 is 0 Å². The van der Waals surface area contributed by atoms with E-state index in [4.69, 9.17) is 0 Å². The minimum Gasteiger partial charge on any atom is -0.392 e. The van der Waals surface area contributed by atoms with Gasteiger partial charge in [0.25, 0.3) is 0 Å². The fourth-order valence-corrected chi connectivity index (χ4v) is 7.27. The van der Waals surface area contributed by atoms with E-state index in [0.717, 1.165) is 32.1 Å². The molecular weight excluding hydrogens is 316 g/mol. The monoisotopic (exact) mass is 348 g/mol. The molecule has 3 saturated carbocycles. The maximum absolute atomic E-state index is 12.2. The van der Waals surface area contributed by atoms with Gasteiger partial charge in [-0.2, -0.15) is 0 Å². The number of hydrogen-bond acceptors (Lipinski definition) is 4. The zero-order chi connectivity index (χ0) is 18.2. The van der Waals surface area contributed by atoms with Crippen molar-refractivity contribution in [1.82, 2.24) is 0 Å². The Labute approximate surface area is 150 Å². The molecule has 0 aliphatic heterocycles. The highest BCUT2D eigenvalue weighted by atomic mass is 16.3. The molecule has 4 nitrogen and oxygen atoms in total. The highest BCUT2D eigenvalue weighted by Crippen LogP contribution is 2.67. The Balaban J connectivity index is 1.73. The third-order valence-corrected chi connectivity index (χ3v) is 8.84. The Morgan fingerprint density at radius 2 is 1.76 bits per heavy atom. The molecule has 0 spiro atoms. The molecule has 25 heavy (non-hydrogen) atoms. The Morgan fingerprint density at radius 1 is 1.08 bits per heavy atom. The van der Waals surface area contributed by atoms with E-state index in [0.29, 0.717) is 18.8 Å².